The molecule has 0 radical (unpaired) electrons. The average molecular weight is 390 g/mol. The van der Waals surface area contributed by atoms with Crippen LogP contribution in [0.2, 0.25) is 0 Å². The highest BCUT2D eigenvalue weighted by Gasteiger charge is 2.16. The molecule has 2 rings (SSSR count). The minimum absolute atomic E-state index is 0.135. The number of benzene rings is 2. The molecule has 0 fully saturated rings. The maximum atomic E-state index is 11.9. The average Bonchev–Trinajstić information content (AvgIpc) is 2.60. The summed E-state index contributed by atoms with van der Waals surface area (Å²) in [5.41, 5.74) is 0.530. The summed E-state index contributed by atoms with van der Waals surface area (Å²) in [5, 5.41) is 8.74. The SMILES string of the molecule is C[C@@H](Oc1ccc(C#N)cc1)C(=O)OCCOc1ccc(Br)cc1. The Morgan fingerprint density at radius 3 is 2.33 bits per heavy atom. The number of nitrogens with zero attached hydrogens (tertiary/aromatic N) is 1. The highest BCUT2D eigenvalue weighted by molar-refractivity contribution is 9.10. The monoisotopic (exact) mass is 389 g/mol. The molecule has 0 saturated heterocycles. The van der Waals surface area contributed by atoms with Gasteiger partial charge in [-0.2, -0.15) is 5.26 Å². The van der Waals surface area contributed by atoms with Crippen molar-refractivity contribution in [2.24, 2.45) is 0 Å². The molecule has 0 unspecified atom stereocenters. The lowest BCUT2D eigenvalue weighted by atomic mass is 10.2. The van der Waals surface area contributed by atoms with E-state index in [1.807, 2.05) is 30.3 Å². The lowest BCUT2D eigenvalue weighted by Gasteiger charge is -2.14. The summed E-state index contributed by atoms with van der Waals surface area (Å²) in [6, 6.07) is 15.9. The molecule has 0 amide bonds. The molecule has 2 aromatic rings. The van der Waals surface area contributed by atoms with E-state index >= 15 is 0 Å². The Bertz CT molecular complexity index is 707. The van der Waals surface area contributed by atoms with E-state index < -0.39 is 12.1 Å². The third-order valence-corrected chi connectivity index (χ3v) is 3.57. The zero-order valence-corrected chi connectivity index (χ0v) is 14.7. The van der Waals surface area contributed by atoms with Crippen LogP contribution in [0, 0.1) is 11.3 Å². The Balaban J connectivity index is 1.71. The Morgan fingerprint density at radius 2 is 1.71 bits per heavy atom. The van der Waals surface area contributed by atoms with Crippen molar-refractivity contribution in [3.8, 4) is 17.6 Å². The van der Waals surface area contributed by atoms with Crippen LogP contribution in [0.15, 0.2) is 53.0 Å². The Labute approximate surface area is 148 Å². The van der Waals surface area contributed by atoms with Gasteiger partial charge in [0.2, 0.25) is 0 Å². The zero-order chi connectivity index (χ0) is 17.4. The van der Waals surface area contributed by atoms with Gasteiger partial charge in [0.05, 0.1) is 11.6 Å². The fourth-order valence-corrected chi connectivity index (χ4v) is 2.07. The maximum Gasteiger partial charge on any atom is 0.347 e. The summed E-state index contributed by atoms with van der Waals surface area (Å²) in [7, 11) is 0. The number of nitriles is 1. The number of esters is 1. The summed E-state index contributed by atoms with van der Waals surface area (Å²) in [5.74, 6) is 0.736. The second kappa shape index (κ2) is 8.94. The van der Waals surface area contributed by atoms with Crippen molar-refractivity contribution in [1.29, 1.82) is 5.26 Å². The van der Waals surface area contributed by atoms with Crippen molar-refractivity contribution in [1.82, 2.24) is 0 Å². The molecule has 0 aliphatic carbocycles. The first-order valence-corrected chi connectivity index (χ1v) is 8.09. The Morgan fingerprint density at radius 1 is 1.08 bits per heavy atom. The molecular weight excluding hydrogens is 374 g/mol. The molecule has 0 saturated carbocycles. The smallest absolute Gasteiger partial charge is 0.347 e. The van der Waals surface area contributed by atoms with Crippen LogP contribution in [0.3, 0.4) is 0 Å². The van der Waals surface area contributed by atoms with Crippen molar-refractivity contribution in [3.63, 3.8) is 0 Å². The molecule has 0 aliphatic heterocycles. The van der Waals surface area contributed by atoms with Crippen LogP contribution in [0.25, 0.3) is 0 Å². The number of hydrogen-bond acceptors (Lipinski definition) is 5. The van der Waals surface area contributed by atoms with Gasteiger partial charge in [0.25, 0.3) is 0 Å². The molecular formula is C18H16BrNO4. The Hall–Kier alpha value is -2.52. The number of rotatable bonds is 7. The van der Waals surface area contributed by atoms with E-state index in [1.165, 1.54) is 0 Å². The van der Waals surface area contributed by atoms with Gasteiger partial charge in [-0.1, -0.05) is 15.9 Å². The molecule has 5 nitrogen and oxygen atoms in total. The first kappa shape index (κ1) is 17.8. The molecule has 0 aliphatic rings. The van der Waals surface area contributed by atoms with Crippen molar-refractivity contribution >= 4 is 21.9 Å². The summed E-state index contributed by atoms with van der Waals surface area (Å²) in [6.07, 6.45) is -0.745. The van der Waals surface area contributed by atoms with Crippen molar-refractivity contribution in [3.05, 3.63) is 58.6 Å². The molecule has 6 heteroatoms. The van der Waals surface area contributed by atoms with Gasteiger partial charge in [-0.15, -0.1) is 0 Å². The summed E-state index contributed by atoms with van der Waals surface area (Å²) in [6.45, 7) is 2.00. The van der Waals surface area contributed by atoms with Crippen LogP contribution in [-0.4, -0.2) is 25.3 Å². The number of carbonyl (C=O) groups excluding carboxylic acids is 1. The minimum atomic E-state index is -0.745. The minimum Gasteiger partial charge on any atom is -0.490 e. The topological polar surface area (TPSA) is 68.5 Å². The molecule has 0 spiro atoms. The van der Waals surface area contributed by atoms with Crippen molar-refractivity contribution in [2.45, 2.75) is 13.0 Å². The van der Waals surface area contributed by atoms with Crippen LogP contribution in [-0.2, 0) is 9.53 Å². The van der Waals surface area contributed by atoms with E-state index in [0.717, 1.165) is 4.47 Å². The molecule has 2 aromatic carbocycles. The highest BCUT2D eigenvalue weighted by Crippen LogP contribution is 2.16. The van der Waals surface area contributed by atoms with E-state index in [9.17, 15) is 4.79 Å². The molecule has 1 atom stereocenters. The third kappa shape index (κ3) is 5.60. The van der Waals surface area contributed by atoms with Crippen molar-refractivity contribution in [2.75, 3.05) is 13.2 Å². The zero-order valence-electron chi connectivity index (χ0n) is 13.1. The molecule has 0 aromatic heterocycles. The van der Waals surface area contributed by atoms with Gasteiger partial charge in [0.1, 0.15) is 24.7 Å². The lowest BCUT2D eigenvalue weighted by molar-refractivity contribution is -0.151. The predicted molar refractivity (Wildman–Crippen MR) is 91.8 cm³/mol. The summed E-state index contributed by atoms with van der Waals surface area (Å²) >= 11 is 3.34. The maximum absolute atomic E-state index is 11.9. The third-order valence-electron chi connectivity index (χ3n) is 3.04. The molecule has 0 N–H and O–H groups in total. The van der Waals surface area contributed by atoms with E-state index in [2.05, 4.69) is 15.9 Å². The van der Waals surface area contributed by atoms with Crippen molar-refractivity contribution < 1.29 is 19.0 Å². The van der Waals surface area contributed by atoms with E-state index in [-0.39, 0.29) is 13.2 Å². The van der Waals surface area contributed by atoms with Crippen LogP contribution in [0.1, 0.15) is 12.5 Å². The van der Waals surface area contributed by atoms with Crippen LogP contribution in [0.4, 0.5) is 0 Å². The fourth-order valence-electron chi connectivity index (χ4n) is 1.81. The first-order chi connectivity index (χ1) is 11.6. The predicted octanol–water partition coefficient (Wildman–Crippen LogP) is 3.71. The Kier molecular flexibility index (Phi) is 6.64. The normalized spacial score (nSPS) is 11.2. The van der Waals surface area contributed by atoms with E-state index in [1.54, 1.807) is 31.2 Å². The van der Waals surface area contributed by atoms with Gasteiger partial charge >= 0.3 is 5.97 Å². The van der Waals surface area contributed by atoms with E-state index in [0.29, 0.717) is 17.1 Å². The number of halogens is 1. The summed E-state index contributed by atoms with van der Waals surface area (Å²) < 4.78 is 17.0. The fraction of sp³-hybridized carbons (Fsp3) is 0.222. The second-order valence-electron chi connectivity index (χ2n) is 4.87. The largest absolute Gasteiger partial charge is 0.490 e. The van der Waals surface area contributed by atoms with Gasteiger partial charge in [-0.3, -0.25) is 0 Å². The molecule has 24 heavy (non-hydrogen) atoms. The highest BCUT2D eigenvalue weighted by atomic mass is 79.9. The lowest BCUT2D eigenvalue weighted by Crippen LogP contribution is -2.27. The number of hydrogen-bond donors (Lipinski definition) is 0. The van der Waals surface area contributed by atoms with Gasteiger partial charge in [-0.05, 0) is 55.5 Å². The summed E-state index contributed by atoms with van der Waals surface area (Å²) in [4.78, 5) is 11.9. The molecule has 0 heterocycles. The molecule has 0 bridgehead atoms. The second-order valence-corrected chi connectivity index (χ2v) is 5.78. The van der Waals surface area contributed by atoms with Crippen LogP contribution >= 0.6 is 15.9 Å². The standard InChI is InChI=1S/C18H16BrNO4/c1-13(24-17-6-2-14(12-20)3-7-17)18(21)23-11-10-22-16-8-4-15(19)5-9-16/h2-9,13H,10-11H2,1H3/t13-/m1/s1. The first-order valence-electron chi connectivity index (χ1n) is 7.30. The quantitative estimate of drug-likeness (QED) is 0.533. The number of carbonyl (C=O) groups is 1. The van der Waals surface area contributed by atoms with Crippen LogP contribution in [0.5, 0.6) is 11.5 Å². The van der Waals surface area contributed by atoms with Gasteiger partial charge < -0.3 is 14.2 Å². The van der Waals surface area contributed by atoms with Gasteiger partial charge in [0, 0.05) is 4.47 Å². The van der Waals surface area contributed by atoms with Gasteiger partial charge in [-0.25, -0.2) is 4.79 Å². The van der Waals surface area contributed by atoms with Crippen LogP contribution < -0.4 is 9.47 Å². The molecule has 124 valence electrons. The van der Waals surface area contributed by atoms with E-state index in [4.69, 9.17) is 19.5 Å². The van der Waals surface area contributed by atoms with Gasteiger partial charge in [0.15, 0.2) is 6.10 Å². The number of ether oxygens (including phenoxy) is 3.